The molecule has 3 rings (SSSR count). The second-order valence-corrected chi connectivity index (χ2v) is 8.32. The molecule has 0 spiro atoms. The van der Waals surface area contributed by atoms with Gasteiger partial charge in [0.05, 0.1) is 12.2 Å². The molecule has 2 aliphatic heterocycles. The van der Waals surface area contributed by atoms with Gasteiger partial charge in [0.2, 0.25) is 5.88 Å². The smallest absolute Gasteiger partial charge is 0.216 e. The SMILES string of the molecule is Cc1cc(OC[C@@H]2CC[C@]3(COC(C)(C)C)CCCN23)nc(C)n1. The Morgan fingerprint density at radius 3 is 2.75 bits per heavy atom. The average molecular weight is 333 g/mol. The highest BCUT2D eigenvalue weighted by Crippen LogP contribution is 2.43. The van der Waals surface area contributed by atoms with Gasteiger partial charge in [0, 0.05) is 23.3 Å². The fraction of sp³-hybridized carbons (Fsp3) is 0.789. The van der Waals surface area contributed by atoms with Crippen molar-refractivity contribution in [1.29, 1.82) is 0 Å². The molecule has 24 heavy (non-hydrogen) atoms. The van der Waals surface area contributed by atoms with Gasteiger partial charge in [0.25, 0.3) is 0 Å². The normalized spacial score (nSPS) is 27.5. The van der Waals surface area contributed by atoms with Gasteiger partial charge in [-0.05, 0) is 66.8 Å². The van der Waals surface area contributed by atoms with Crippen LogP contribution in [0.2, 0.25) is 0 Å². The van der Waals surface area contributed by atoms with E-state index in [1.54, 1.807) is 0 Å². The van der Waals surface area contributed by atoms with E-state index in [4.69, 9.17) is 9.47 Å². The van der Waals surface area contributed by atoms with Crippen LogP contribution >= 0.6 is 0 Å². The summed E-state index contributed by atoms with van der Waals surface area (Å²) >= 11 is 0. The summed E-state index contributed by atoms with van der Waals surface area (Å²) in [5, 5.41) is 0. The lowest BCUT2D eigenvalue weighted by Crippen LogP contribution is -2.48. The lowest BCUT2D eigenvalue weighted by atomic mass is 9.95. The molecule has 2 aliphatic rings. The van der Waals surface area contributed by atoms with Gasteiger partial charge >= 0.3 is 0 Å². The van der Waals surface area contributed by atoms with E-state index in [1.807, 2.05) is 19.9 Å². The molecule has 5 nitrogen and oxygen atoms in total. The molecule has 3 heterocycles. The van der Waals surface area contributed by atoms with Gasteiger partial charge in [0.15, 0.2) is 0 Å². The van der Waals surface area contributed by atoms with Gasteiger partial charge < -0.3 is 9.47 Å². The largest absolute Gasteiger partial charge is 0.476 e. The van der Waals surface area contributed by atoms with Gasteiger partial charge in [-0.1, -0.05) is 0 Å². The summed E-state index contributed by atoms with van der Waals surface area (Å²) < 4.78 is 12.2. The molecular formula is C19H31N3O2. The Kier molecular flexibility index (Phi) is 4.85. The number of nitrogens with zero attached hydrogens (tertiary/aromatic N) is 3. The Balaban J connectivity index is 1.61. The van der Waals surface area contributed by atoms with Crippen LogP contribution in [0, 0.1) is 13.8 Å². The van der Waals surface area contributed by atoms with E-state index in [-0.39, 0.29) is 11.1 Å². The van der Waals surface area contributed by atoms with Crippen molar-refractivity contribution in [2.24, 2.45) is 0 Å². The number of aryl methyl sites for hydroxylation is 2. The second kappa shape index (κ2) is 6.60. The summed E-state index contributed by atoms with van der Waals surface area (Å²) in [4.78, 5) is 11.3. The minimum atomic E-state index is -0.0758. The van der Waals surface area contributed by atoms with Crippen LogP contribution < -0.4 is 4.74 Å². The van der Waals surface area contributed by atoms with E-state index in [0.717, 1.165) is 24.7 Å². The first-order chi connectivity index (χ1) is 11.3. The third-order valence-electron chi connectivity index (χ3n) is 5.17. The molecule has 0 radical (unpaired) electrons. The molecule has 0 aromatic carbocycles. The van der Waals surface area contributed by atoms with Crippen LogP contribution in [-0.2, 0) is 4.74 Å². The molecule has 0 saturated carbocycles. The van der Waals surface area contributed by atoms with Crippen LogP contribution in [0.25, 0.3) is 0 Å². The number of hydrogen-bond donors (Lipinski definition) is 0. The fourth-order valence-electron chi connectivity index (χ4n) is 4.08. The summed E-state index contributed by atoms with van der Waals surface area (Å²) in [6.07, 6.45) is 4.89. The Morgan fingerprint density at radius 1 is 1.25 bits per heavy atom. The second-order valence-electron chi connectivity index (χ2n) is 8.32. The Hall–Kier alpha value is -1.20. The summed E-state index contributed by atoms with van der Waals surface area (Å²) in [5.41, 5.74) is 1.10. The fourth-order valence-corrected chi connectivity index (χ4v) is 4.08. The first-order valence-electron chi connectivity index (χ1n) is 9.13. The maximum Gasteiger partial charge on any atom is 0.216 e. The third kappa shape index (κ3) is 3.89. The minimum Gasteiger partial charge on any atom is -0.476 e. The molecule has 2 saturated heterocycles. The van der Waals surface area contributed by atoms with Crippen molar-refractivity contribution in [2.45, 2.75) is 77.5 Å². The van der Waals surface area contributed by atoms with E-state index in [9.17, 15) is 0 Å². The molecule has 134 valence electrons. The number of rotatable bonds is 5. The molecule has 2 atom stereocenters. The molecule has 2 fully saturated rings. The predicted molar refractivity (Wildman–Crippen MR) is 94.4 cm³/mol. The van der Waals surface area contributed by atoms with Crippen molar-refractivity contribution in [3.63, 3.8) is 0 Å². The topological polar surface area (TPSA) is 47.5 Å². The number of fused-ring (bicyclic) bond motifs is 1. The van der Waals surface area contributed by atoms with Crippen molar-refractivity contribution in [2.75, 3.05) is 19.8 Å². The Morgan fingerprint density at radius 2 is 2.04 bits per heavy atom. The minimum absolute atomic E-state index is 0.0758. The zero-order valence-corrected chi connectivity index (χ0v) is 15.8. The molecule has 0 aliphatic carbocycles. The van der Waals surface area contributed by atoms with Crippen molar-refractivity contribution in [1.82, 2.24) is 14.9 Å². The summed E-state index contributed by atoms with van der Waals surface area (Å²) in [5.74, 6) is 1.47. The molecule has 0 bridgehead atoms. The Labute approximate surface area is 145 Å². The monoisotopic (exact) mass is 333 g/mol. The molecule has 1 aromatic heterocycles. The van der Waals surface area contributed by atoms with Crippen molar-refractivity contribution in [3.8, 4) is 5.88 Å². The van der Waals surface area contributed by atoms with Crippen LogP contribution in [0.5, 0.6) is 5.88 Å². The van der Waals surface area contributed by atoms with E-state index in [1.165, 1.54) is 25.7 Å². The highest BCUT2D eigenvalue weighted by Gasteiger charge is 2.49. The number of hydrogen-bond acceptors (Lipinski definition) is 5. The van der Waals surface area contributed by atoms with E-state index < -0.39 is 0 Å². The Bertz CT molecular complexity index is 564. The lowest BCUT2D eigenvalue weighted by molar-refractivity contribution is -0.0584. The number of ether oxygens (including phenoxy) is 2. The van der Waals surface area contributed by atoms with Crippen molar-refractivity contribution in [3.05, 3.63) is 17.6 Å². The summed E-state index contributed by atoms with van der Waals surface area (Å²) in [6, 6.07) is 2.38. The summed E-state index contributed by atoms with van der Waals surface area (Å²) in [6.45, 7) is 13.0. The van der Waals surface area contributed by atoms with Gasteiger partial charge in [-0.25, -0.2) is 4.98 Å². The molecule has 0 unspecified atom stereocenters. The van der Waals surface area contributed by atoms with Gasteiger partial charge in [-0.3, -0.25) is 4.90 Å². The lowest BCUT2D eigenvalue weighted by Gasteiger charge is -2.37. The van der Waals surface area contributed by atoms with Crippen LogP contribution in [0.15, 0.2) is 6.07 Å². The highest BCUT2D eigenvalue weighted by molar-refractivity contribution is 5.15. The predicted octanol–water partition coefficient (Wildman–Crippen LogP) is 3.28. The highest BCUT2D eigenvalue weighted by atomic mass is 16.5. The van der Waals surface area contributed by atoms with Crippen molar-refractivity contribution < 1.29 is 9.47 Å². The maximum atomic E-state index is 6.16. The molecular weight excluding hydrogens is 302 g/mol. The molecule has 1 aromatic rings. The van der Waals surface area contributed by atoms with Gasteiger partial charge in [-0.2, -0.15) is 4.98 Å². The average Bonchev–Trinajstić information content (AvgIpc) is 3.01. The van der Waals surface area contributed by atoms with Gasteiger partial charge in [0.1, 0.15) is 12.4 Å². The first-order valence-corrected chi connectivity index (χ1v) is 9.13. The van der Waals surface area contributed by atoms with E-state index >= 15 is 0 Å². The van der Waals surface area contributed by atoms with Gasteiger partial charge in [-0.15, -0.1) is 0 Å². The van der Waals surface area contributed by atoms with Crippen LogP contribution in [-0.4, -0.2) is 51.8 Å². The quantitative estimate of drug-likeness (QED) is 0.827. The molecule has 0 N–H and O–H groups in total. The number of aromatic nitrogens is 2. The van der Waals surface area contributed by atoms with E-state index in [0.29, 0.717) is 18.5 Å². The van der Waals surface area contributed by atoms with Crippen molar-refractivity contribution >= 4 is 0 Å². The zero-order chi connectivity index (χ0) is 17.4. The first kappa shape index (κ1) is 17.6. The summed E-state index contributed by atoms with van der Waals surface area (Å²) in [7, 11) is 0. The van der Waals surface area contributed by atoms with Crippen LogP contribution in [0.4, 0.5) is 0 Å². The van der Waals surface area contributed by atoms with Crippen LogP contribution in [0.1, 0.15) is 58.0 Å². The third-order valence-corrected chi connectivity index (χ3v) is 5.17. The maximum absolute atomic E-state index is 6.16. The standard InChI is InChI=1S/C19H31N3O2/c1-14-11-17(21-15(2)20-14)23-12-16-7-9-19(8-6-10-22(16)19)13-24-18(3,4)5/h11,16H,6-10,12-13H2,1-5H3/t16-,19-/m0/s1. The van der Waals surface area contributed by atoms with Crippen LogP contribution in [0.3, 0.4) is 0 Å². The molecule has 0 amide bonds. The van der Waals surface area contributed by atoms with E-state index in [2.05, 4.69) is 35.6 Å². The zero-order valence-electron chi connectivity index (χ0n) is 15.8. The molecule has 5 heteroatoms.